The predicted molar refractivity (Wildman–Crippen MR) is 117 cm³/mol. The zero-order valence-corrected chi connectivity index (χ0v) is 18.0. The number of anilines is 1. The average Bonchev–Trinajstić information content (AvgIpc) is 2.75. The SMILES string of the molecule is C=CCOc1ccc(Br)cc1C=C1C(=O)NC(=O)N(c2ccc(C(=O)OC)cc2)C1=O. The third kappa shape index (κ3) is 4.72. The Morgan fingerprint density at radius 3 is 2.52 bits per heavy atom. The summed E-state index contributed by atoms with van der Waals surface area (Å²) in [7, 11) is 1.25. The van der Waals surface area contributed by atoms with Gasteiger partial charge in [-0.25, -0.2) is 14.5 Å². The first-order valence-corrected chi connectivity index (χ1v) is 9.78. The van der Waals surface area contributed by atoms with Crippen molar-refractivity contribution < 1.29 is 28.7 Å². The summed E-state index contributed by atoms with van der Waals surface area (Å²) < 4.78 is 10.9. The lowest BCUT2D eigenvalue weighted by molar-refractivity contribution is -0.122. The van der Waals surface area contributed by atoms with E-state index in [2.05, 4.69) is 32.6 Å². The van der Waals surface area contributed by atoms with Crippen LogP contribution in [-0.2, 0) is 14.3 Å². The average molecular weight is 485 g/mol. The van der Waals surface area contributed by atoms with Gasteiger partial charge in [-0.15, -0.1) is 0 Å². The van der Waals surface area contributed by atoms with Gasteiger partial charge in [0.1, 0.15) is 17.9 Å². The van der Waals surface area contributed by atoms with Crippen LogP contribution in [0, 0.1) is 0 Å². The van der Waals surface area contributed by atoms with Gasteiger partial charge < -0.3 is 9.47 Å². The molecule has 0 saturated carbocycles. The minimum absolute atomic E-state index is 0.186. The van der Waals surface area contributed by atoms with E-state index < -0.39 is 23.8 Å². The number of hydrogen-bond donors (Lipinski definition) is 1. The lowest BCUT2D eigenvalue weighted by Gasteiger charge is -2.26. The standard InChI is InChI=1S/C22H17BrN2O6/c1-3-10-31-18-9-6-15(23)11-14(18)12-17-19(26)24-22(29)25(20(17)27)16-7-4-13(5-8-16)21(28)30-2/h3-9,11-12H,1,10H2,2H3,(H,24,26,29). The molecule has 1 aliphatic rings. The fourth-order valence-corrected chi connectivity index (χ4v) is 3.20. The van der Waals surface area contributed by atoms with E-state index in [-0.39, 0.29) is 23.4 Å². The lowest BCUT2D eigenvalue weighted by Crippen LogP contribution is -2.54. The molecule has 4 amide bonds. The summed E-state index contributed by atoms with van der Waals surface area (Å²) in [6.45, 7) is 3.83. The highest BCUT2D eigenvalue weighted by Gasteiger charge is 2.37. The smallest absolute Gasteiger partial charge is 0.337 e. The summed E-state index contributed by atoms with van der Waals surface area (Å²) in [5, 5.41) is 2.15. The zero-order valence-electron chi connectivity index (χ0n) is 16.4. The number of urea groups is 1. The van der Waals surface area contributed by atoms with Gasteiger partial charge in [0, 0.05) is 10.0 Å². The topological polar surface area (TPSA) is 102 Å². The molecule has 0 spiro atoms. The van der Waals surface area contributed by atoms with Crippen molar-refractivity contribution in [2.45, 2.75) is 0 Å². The first kappa shape index (κ1) is 22.0. The number of carbonyl (C=O) groups excluding carboxylic acids is 4. The van der Waals surface area contributed by atoms with Crippen molar-refractivity contribution in [3.8, 4) is 5.75 Å². The number of halogens is 1. The molecule has 1 saturated heterocycles. The molecule has 0 radical (unpaired) electrons. The number of carbonyl (C=O) groups is 4. The van der Waals surface area contributed by atoms with Crippen LogP contribution in [0.2, 0.25) is 0 Å². The maximum atomic E-state index is 13.1. The number of nitrogens with zero attached hydrogens (tertiary/aromatic N) is 1. The summed E-state index contributed by atoms with van der Waals surface area (Å²) in [5.41, 5.74) is 0.648. The molecule has 158 valence electrons. The molecular formula is C22H17BrN2O6. The molecule has 1 fully saturated rings. The van der Waals surface area contributed by atoms with Gasteiger partial charge in [-0.05, 0) is 48.5 Å². The van der Waals surface area contributed by atoms with Crippen LogP contribution >= 0.6 is 15.9 Å². The number of hydrogen-bond acceptors (Lipinski definition) is 6. The number of methoxy groups -OCH3 is 1. The number of barbiturate groups is 1. The molecule has 3 rings (SSSR count). The molecule has 8 nitrogen and oxygen atoms in total. The van der Waals surface area contributed by atoms with Crippen LogP contribution in [-0.4, -0.2) is 37.5 Å². The Hall–Kier alpha value is -3.72. The molecule has 0 bridgehead atoms. The Morgan fingerprint density at radius 1 is 1.16 bits per heavy atom. The third-order valence-electron chi connectivity index (χ3n) is 4.28. The quantitative estimate of drug-likeness (QED) is 0.291. The van der Waals surface area contributed by atoms with Gasteiger partial charge >= 0.3 is 12.0 Å². The number of nitrogens with one attached hydrogen (secondary N) is 1. The summed E-state index contributed by atoms with van der Waals surface area (Å²) in [5.74, 6) is -1.76. The summed E-state index contributed by atoms with van der Waals surface area (Å²) in [4.78, 5) is 50.2. The molecule has 0 atom stereocenters. The summed E-state index contributed by atoms with van der Waals surface area (Å²) >= 11 is 3.35. The highest BCUT2D eigenvalue weighted by Crippen LogP contribution is 2.28. The number of imide groups is 2. The Bertz CT molecular complexity index is 1110. The minimum atomic E-state index is -0.893. The van der Waals surface area contributed by atoms with Crippen LogP contribution in [0.5, 0.6) is 5.75 Å². The molecule has 1 N–H and O–H groups in total. The van der Waals surface area contributed by atoms with Crippen LogP contribution < -0.4 is 15.0 Å². The third-order valence-corrected chi connectivity index (χ3v) is 4.77. The number of esters is 1. The molecule has 0 aliphatic carbocycles. The van der Waals surface area contributed by atoms with Crippen molar-refractivity contribution in [3.05, 3.63) is 76.3 Å². The van der Waals surface area contributed by atoms with Crippen LogP contribution in [0.1, 0.15) is 15.9 Å². The van der Waals surface area contributed by atoms with Gasteiger partial charge in [-0.1, -0.05) is 28.6 Å². The van der Waals surface area contributed by atoms with E-state index in [1.54, 1.807) is 24.3 Å². The number of benzene rings is 2. The van der Waals surface area contributed by atoms with E-state index in [0.717, 1.165) is 4.90 Å². The number of amides is 4. The fourth-order valence-electron chi connectivity index (χ4n) is 2.82. The zero-order chi connectivity index (χ0) is 22.5. The van der Waals surface area contributed by atoms with Gasteiger partial charge in [0.15, 0.2) is 0 Å². The van der Waals surface area contributed by atoms with E-state index in [1.165, 1.54) is 37.5 Å². The molecule has 0 unspecified atom stereocenters. The first-order chi connectivity index (χ1) is 14.8. The Kier molecular flexibility index (Phi) is 6.66. The van der Waals surface area contributed by atoms with Crippen LogP contribution in [0.4, 0.5) is 10.5 Å². The lowest BCUT2D eigenvalue weighted by atomic mass is 10.1. The van der Waals surface area contributed by atoms with E-state index in [9.17, 15) is 19.2 Å². The monoisotopic (exact) mass is 484 g/mol. The van der Waals surface area contributed by atoms with Crippen LogP contribution in [0.3, 0.4) is 0 Å². The Morgan fingerprint density at radius 2 is 1.87 bits per heavy atom. The number of ether oxygens (including phenoxy) is 2. The molecule has 9 heteroatoms. The maximum absolute atomic E-state index is 13.1. The molecule has 1 heterocycles. The van der Waals surface area contributed by atoms with E-state index in [1.807, 2.05) is 0 Å². The first-order valence-electron chi connectivity index (χ1n) is 8.98. The molecule has 2 aromatic carbocycles. The second-order valence-electron chi connectivity index (χ2n) is 6.28. The Labute approximate surface area is 186 Å². The second-order valence-corrected chi connectivity index (χ2v) is 7.19. The number of rotatable bonds is 6. The van der Waals surface area contributed by atoms with Gasteiger partial charge in [-0.2, -0.15) is 0 Å². The van der Waals surface area contributed by atoms with E-state index in [0.29, 0.717) is 15.8 Å². The highest BCUT2D eigenvalue weighted by molar-refractivity contribution is 9.10. The van der Waals surface area contributed by atoms with Crippen LogP contribution in [0.25, 0.3) is 6.08 Å². The second kappa shape index (κ2) is 9.40. The van der Waals surface area contributed by atoms with Gasteiger partial charge in [0.25, 0.3) is 11.8 Å². The van der Waals surface area contributed by atoms with E-state index >= 15 is 0 Å². The maximum Gasteiger partial charge on any atom is 0.337 e. The van der Waals surface area contributed by atoms with Gasteiger partial charge in [0.05, 0.1) is 18.4 Å². The molecule has 1 aliphatic heterocycles. The van der Waals surface area contributed by atoms with Crippen molar-refractivity contribution in [1.82, 2.24) is 5.32 Å². The van der Waals surface area contributed by atoms with E-state index in [4.69, 9.17) is 4.74 Å². The van der Waals surface area contributed by atoms with Gasteiger partial charge in [0.2, 0.25) is 0 Å². The van der Waals surface area contributed by atoms with Crippen LogP contribution in [0.15, 0.2) is 65.2 Å². The molecule has 2 aromatic rings. The Balaban J connectivity index is 1.99. The molecule has 0 aromatic heterocycles. The van der Waals surface area contributed by atoms with Crippen molar-refractivity contribution in [3.63, 3.8) is 0 Å². The largest absolute Gasteiger partial charge is 0.489 e. The summed E-state index contributed by atoms with van der Waals surface area (Å²) in [6, 6.07) is 9.87. The predicted octanol–water partition coefficient (Wildman–Crippen LogP) is 3.47. The van der Waals surface area contributed by atoms with Crippen molar-refractivity contribution >= 4 is 51.5 Å². The van der Waals surface area contributed by atoms with Gasteiger partial charge in [-0.3, -0.25) is 14.9 Å². The normalized spacial score (nSPS) is 15.0. The van der Waals surface area contributed by atoms with Crippen molar-refractivity contribution in [2.24, 2.45) is 0 Å². The molecule has 31 heavy (non-hydrogen) atoms. The highest BCUT2D eigenvalue weighted by atomic mass is 79.9. The fraction of sp³-hybridized carbons (Fsp3) is 0.0909. The molecular weight excluding hydrogens is 468 g/mol. The minimum Gasteiger partial charge on any atom is -0.489 e. The summed E-state index contributed by atoms with van der Waals surface area (Å²) in [6.07, 6.45) is 2.92. The van der Waals surface area contributed by atoms with Crippen molar-refractivity contribution in [2.75, 3.05) is 18.6 Å². The van der Waals surface area contributed by atoms with Crippen molar-refractivity contribution in [1.29, 1.82) is 0 Å².